The first-order valence-corrected chi connectivity index (χ1v) is 6.76. The summed E-state index contributed by atoms with van der Waals surface area (Å²) in [6, 6.07) is 0. The van der Waals surface area contributed by atoms with E-state index in [1.54, 1.807) is 0 Å². The number of carbonyl (C=O) groups excluding carboxylic acids is 1. The van der Waals surface area contributed by atoms with Gasteiger partial charge in [0, 0.05) is 10.4 Å². The number of rotatable bonds is 4. The molecule has 0 amide bonds. The molecule has 1 aliphatic rings. The Bertz CT molecular complexity index is 419. The Hall–Kier alpha value is -1.10. The predicted octanol–water partition coefficient (Wildman–Crippen LogP) is 2.98. The minimum Gasteiger partial charge on any atom is -0.464 e. The standard InChI is InChI=1S/C12H18N2O2S/c1-4-12(6-5-7-12)14-11-13-9(8(2)17-11)10(15)16-3/h4-7H2,1-3H3,(H,13,14). The van der Waals surface area contributed by atoms with E-state index in [-0.39, 0.29) is 11.5 Å². The topological polar surface area (TPSA) is 51.2 Å². The summed E-state index contributed by atoms with van der Waals surface area (Å²) < 4.78 is 4.70. The second-order valence-electron chi connectivity index (χ2n) is 4.53. The average Bonchev–Trinajstić information content (AvgIpc) is 2.64. The molecule has 0 aromatic carbocycles. The van der Waals surface area contributed by atoms with Crippen LogP contribution < -0.4 is 5.32 Å². The molecule has 4 nitrogen and oxygen atoms in total. The molecule has 1 aromatic heterocycles. The lowest BCUT2D eigenvalue weighted by Gasteiger charge is -2.41. The Morgan fingerprint density at radius 3 is 2.76 bits per heavy atom. The first kappa shape index (κ1) is 12.4. The smallest absolute Gasteiger partial charge is 0.357 e. The van der Waals surface area contributed by atoms with Gasteiger partial charge >= 0.3 is 5.97 Å². The number of nitrogens with zero attached hydrogens (tertiary/aromatic N) is 1. The van der Waals surface area contributed by atoms with E-state index in [1.165, 1.54) is 37.7 Å². The van der Waals surface area contributed by atoms with Gasteiger partial charge in [0.05, 0.1) is 7.11 Å². The van der Waals surface area contributed by atoms with Gasteiger partial charge in [-0.2, -0.15) is 0 Å². The zero-order valence-corrected chi connectivity index (χ0v) is 11.3. The Balaban J connectivity index is 2.15. The van der Waals surface area contributed by atoms with Crippen molar-refractivity contribution in [2.75, 3.05) is 12.4 Å². The van der Waals surface area contributed by atoms with Crippen LogP contribution in [0.1, 0.15) is 48.0 Å². The van der Waals surface area contributed by atoms with Crippen molar-refractivity contribution in [1.82, 2.24) is 4.98 Å². The van der Waals surface area contributed by atoms with E-state index in [2.05, 4.69) is 17.2 Å². The summed E-state index contributed by atoms with van der Waals surface area (Å²) in [6.45, 7) is 4.09. The Morgan fingerprint density at radius 2 is 2.29 bits per heavy atom. The van der Waals surface area contributed by atoms with Crippen molar-refractivity contribution in [2.24, 2.45) is 0 Å². The van der Waals surface area contributed by atoms with Gasteiger partial charge in [-0.25, -0.2) is 9.78 Å². The zero-order chi connectivity index (χ0) is 12.5. The molecular weight excluding hydrogens is 236 g/mol. The lowest BCUT2D eigenvalue weighted by atomic mass is 9.75. The van der Waals surface area contributed by atoms with E-state index in [0.29, 0.717) is 5.69 Å². The molecule has 0 radical (unpaired) electrons. The number of anilines is 1. The van der Waals surface area contributed by atoms with Gasteiger partial charge in [-0.15, -0.1) is 11.3 Å². The van der Waals surface area contributed by atoms with Gasteiger partial charge < -0.3 is 10.1 Å². The fourth-order valence-corrected chi connectivity index (χ4v) is 3.05. The van der Waals surface area contributed by atoms with Crippen molar-refractivity contribution < 1.29 is 9.53 Å². The SMILES string of the molecule is CCC1(Nc2nc(C(=O)OC)c(C)s2)CCC1. The maximum Gasteiger partial charge on any atom is 0.357 e. The Labute approximate surface area is 105 Å². The third kappa shape index (κ3) is 2.29. The molecule has 0 bridgehead atoms. The van der Waals surface area contributed by atoms with Crippen molar-refractivity contribution in [3.05, 3.63) is 10.6 Å². The molecule has 1 saturated carbocycles. The number of methoxy groups -OCH3 is 1. The number of nitrogens with one attached hydrogen (secondary N) is 1. The van der Waals surface area contributed by atoms with Crippen LogP contribution in [-0.2, 0) is 4.74 Å². The van der Waals surface area contributed by atoms with Gasteiger partial charge in [-0.05, 0) is 32.6 Å². The quantitative estimate of drug-likeness (QED) is 0.839. The fraction of sp³-hybridized carbons (Fsp3) is 0.667. The van der Waals surface area contributed by atoms with E-state index in [9.17, 15) is 4.79 Å². The summed E-state index contributed by atoms with van der Waals surface area (Å²) in [4.78, 5) is 16.7. The predicted molar refractivity (Wildman–Crippen MR) is 68.7 cm³/mol. The third-order valence-corrected chi connectivity index (χ3v) is 4.42. The monoisotopic (exact) mass is 254 g/mol. The second-order valence-corrected chi connectivity index (χ2v) is 5.73. The van der Waals surface area contributed by atoms with E-state index < -0.39 is 0 Å². The van der Waals surface area contributed by atoms with Gasteiger partial charge in [0.15, 0.2) is 10.8 Å². The highest BCUT2D eigenvalue weighted by molar-refractivity contribution is 7.15. The minimum absolute atomic E-state index is 0.206. The van der Waals surface area contributed by atoms with Crippen LogP contribution >= 0.6 is 11.3 Å². The number of hydrogen-bond acceptors (Lipinski definition) is 5. The van der Waals surface area contributed by atoms with Crippen LogP contribution in [0.15, 0.2) is 0 Å². The Kier molecular flexibility index (Phi) is 3.38. The van der Waals surface area contributed by atoms with E-state index in [4.69, 9.17) is 4.74 Å². The maximum absolute atomic E-state index is 11.5. The molecular formula is C12H18N2O2S. The van der Waals surface area contributed by atoms with Gasteiger partial charge in [0.1, 0.15) is 0 Å². The summed E-state index contributed by atoms with van der Waals surface area (Å²) in [5, 5.41) is 4.32. The zero-order valence-electron chi connectivity index (χ0n) is 10.5. The molecule has 17 heavy (non-hydrogen) atoms. The number of esters is 1. The van der Waals surface area contributed by atoms with E-state index in [1.807, 2.05) is 6.92 Å². The molecule has 2 rings (SSSR count). The van der Waals surface area contributed by atoms with Crippen LogP contribution in [0.4, 0.5) is 5.13 Å². The van der Waals surface area contributed by atoms with E-state index >= 15 is 0 Å². The van der Waals surface area contributed by atoms with Crippen LogP contribution in [0, 0.1) is 6.92 Å². The van der Waals surface area contributed by atoms with Crippen molar-refractivity contribution in [1.29, 1.82) is 0 Å². The number of carbonyl (C=O) groups is 1. The van der Waals surface area contributed by atoms with Gasteiger partial charge in [0.2, 0.25) is 0 Å². The lowest BCUT2D eigenvalue weighted by molar-refractivity contribution is 0.0594. The van der Waals surface area contributed by atoms with Crippen molar-refractivity contribution in [2.45, 2.75) is 45.1 Å². The van der Waals surface area contributed by atoms with Crippen molar-refractivity contribution in [3.8, 4) is 0 Å². The number of hydrogen-bond donors (Lipinski definition) is 1. The molecule has 0 spiro atoms. The molecule has 0 atom stereocenters. The van der Waals surface area contributed by atoms with Crippen LogP contribution in [0.2, 0.25) is 0 Å². The number of ether oxygens (including phenoxy) is 1. The van der Waals surface area contributed by atoms with Crippen LogP contribution in [-0.4, -0.2) is 23.6 Å². The second kappa shape index (κ2) is 4.64. The largest absolute Gasteiger partial charge is 0.464 e. The Morgan fingerprint density at radius 1 is 1.59 bits per heavy atom. The number of aryl methyl sites for hydroxylation is 1. The van der Waals surface area contributed by atoms with Gasteiger partial charge in [-0.3, -0.25) is 0 Å². The van der Waals surface area contributed by atoms with Crippen molar-refractivity contribution >= 4 is 22.4 Å². The molecule has 0 aliphatic heterocycles. The maximum atomic E-state index is 11.5. The molecule has 1 heterocycles. The summed E-state index contributed by atoms with van der Waals surface area (Å²) in [7, 11) is 1.38. The first-order chi connectivity index (χ1) is 8.10. The third-order valence-electron chi connectivity index (χ3n) is 3.53. The highest BCUT2D eigenvalue weighted by Crippen LogP contribution is 2.39. The van der Waals surface area contributed by atoms with E-state index in [0.717, 1.165) is 16.4 Å². The van der Waals surface area contributed by atoms with Gasteiger partial charge in [0.25, 0.3) is 0 Å². The molecule has 5 heteroatoms. The number of aromatic nitrogens is 1. The normalized spacial score (nSPS) is 17.4. The minimum atomic E-state index is -0.356. The van der Waals surface area contributed by atoms with Gasteiger partial charge in [-0.1, -0.05) is 6.92 Å². The lowest BCUT2D eigenvalue weighted by Crippen LogP contribution is -2.44. The molecule has 1 aliphatic carbocycles. The summed E-state index contributed by atoms with van der Waals surface area (Å²) in [5.74, 6) is -0.356. The molecule has 0 unspecified atom stereocenters. The summed E-state index contributed by atoms with van der Waals surface area (Å²) in [6.07, 6.45) is 4.75. The molecule has 1 fully saturated rings. The fourth-order valence-electron chi connectivity index (χ4n) is 2.13. The number of thiazole rings is 1. The molecule has 1 N–H and O–H groups in total. The molecule has 1 aromatic rings. The van der Waals surface area contributed by atoms with Crippen LogP contribution in [0.3, 0.4) is 0 Å². The van der Waals surface area contributed by atoms with Crippen LogP contribution in [0.25, 0.3) is 0 Å². The van der Waals surface area contributed by atoms with Crippen molar-refractivity contribution in [3.63, 3.8) is 0 Å². The van der Waals surface area contributed by atoms with Crippen LogP contribution in [0.5, 0.6) is 0 Å². The first-order valence-electron chi connectivity index (χ1n) is 5.94. The highest BCUT2D eigenvalue weighted by atomic mass is 32.1. The summed E-state index contributed by atoms with van der Waals surface area (Å²) in [5.41, 5.74) is 0.642. The summed E-state index contributed by atoms with van der Waals surface area (Å²) >= 11 is 1.53. The molecule has 0 saturated heterocycles. The highest BCUT2D eigenvalue weighted by Gasteiger charge is 2.35. The molecule has 94 valence electrons. The average molecular weight is 254 g/mol.